The molecule has 1 heterocycles. The van der Waals surface area contributed by atoms with Crippen LogP contribution in [0.3, 0.4) is 0 Å². The quantitative estimate of drug-likeness (QED) is 0.581. The number of aromatic nitrogens is 1. The minimum absolute atomic E-state index is 0.250. The first-order valence-corrected chi connectivity index (χ1v) is 9.56. The van der Waals surface area contributed by atoms with Crippen molar-refractivity contribution in [1.82, 2.24) is 4.98 Å². The number of nitrogens with one attached hydrogen (secondary N) is 1. The maximum Gasteiger partial charge on any atom is 0.221 e. The first kappa shape index (κ1) is 21.2. The third-order valence-corrected chi connectivity index (χ3v) is 4.58. The van der Waals surface area contributed by atoms with E-state index < -0.39 is 0 Å². The number of aryl methyl sites for hydroxylation is 1. The molecule has 3 aromatic rings. The van der Waals surface area contributed by atoms with Crippen LogP contribution in [0.15, 0.2) is 30.3 Å². The molecule has 0 aliphatic rings. The van der Waals surface area contributed by atoms with Crippen LogP contribution in [0.4, 0.5) is 5.69 Å². The summed E-state index contributed by atoms with van der Waals surface area (Å²) in [4.78, 5) is 16.2. The average molecular weight is 426 g/mol. The van der Waals surface area contributed by atoms with Crippen LogP contribution >= 0.6 is 11.6 Å². The van der Waals surface area contributed by atoms with E-state index in [4.69, 9.17) is 25.8 Å². The monoisotopic (exact) mass is 425 g/mol. The minimum Gasteiger partial charge on any atom is -0.495 e. The average Bonchev–Trinajstić information content (AvgIpc) is 2.69. The van der Waals surface area contributed by atoms with E-state index in [9.17, 15) is 10.1 Å². The van der Waals surface area contributed by atoms with Gasteiger partial charge in [-0.05, 0) is 32.0 Å². The number of rotatable bonds is 6. The van der Waals surface area contributed by atoms with Crippen molar-refractivity contribution in [3.63, 3.8) is 0 Å². The van der Waals surface area contributed by atoms with Crippen LogP contribution < -0.4 is 19.5 Å². The predicted octanol–water partition coefficient (Wildman–Crippen LogP) is 5.23. The lowest BCUT2D eigenvalue weighted by Gasteiger charge is -2.16. The molecule has 0 spiro atoms. The molecule has 0 bridgehead atoms. The van der Waals surface area contributed by atoms with Gasteiger partial charge in [0.05, 0.1) is 35.6 Å². The van der Waals surface area contributed by atoms with Crippen molar-refractivity contribution >= 4 is 34.1 Å². The van der Waals surface area contributed by atoms with Crippen LogP contribution in [0.25, 0.3) is 10.9 Å². The summed E-state index contributed by atoms with van der Waals surface area (Å²) in [7, 11) is 1.52. The fourth-order valence-electron chi connectivity index (χ4n) is 3.01. The van der Waals surface area contributed by atoms with Gasteiger partial charge in [0.25, 0.3) is 0 Å². The summed E-state index contributed by atoms with van der Waals surface area (Å²) in [5.74, 6) is 1.49. The molecule has 30 heavy (non-hydrogen) atoms. The standard InChI is InChI=1S/C22H20ClN3O4/c1-5-29-21-10-18-15(9-19(21)26-13(3)27)22(16(11-24)12(2)25-18)30-14-6-7-20(28-4)17(23)8-14/h6-10H,5H2,1-4H3,(H,26,27). The van der Waals surface area contributed by atoms with E-state index in [-0.39, 0.29) is 11.5 Å². The van der Waals surface area contributed by atoms with Crippen molar-refractivity contribution < 1.29 is 19.0 Å². The number of pyridine rings is 1. The van der Waals surface area contributed by atoms with Gasteiger partial charge in [0.15, 0.2) is 5.75 Å². The zero-order chi connectivity index (χ0) is 21.8. The first-order valence-electron chi connectivity index (χ1n) is 9.18. The Hall–Kier alpha value is -3.50. The molecule has 0 saturated heterocycles. The van der Waals surface area contributed by atoms with Gasteiger partial charge in [0.2, 0.25) is 5.91 Å². The smallest absolute Gasteiger partial charge is 0.221 e. The minimum atomic E-state index is -0.250. The van der Waals surface area contributed by atoms with Crippen LogP contribution in [-0.2, 0) is 4.79 Å². The Kier molecular flexibility index (Phi) is 6.28. The summed E-state index contributed by atoms with van der Waals surface area (Å²) in [6.07, 6.45) is 0. The summed E-state index contributed by atoms with van der Waals surface area (Å²) < 4.78 is 16.9. The molecule has 0 fully saturated rings. The number of nitriles is 1. The number of carbonyl (C=O) groups is 1. The summed E-state index contributed by atoms with van der Waals surface area (Å²) in [6.45, 7) is 5.40. The van der Waals surface area contributed by atoms with E-state index in [0.717, 1.165) is 0 Å². The third kappa shape index (κ3) is 4.24. The van der Waals surface area contributed by atoms with Crippen LogP contribution in [-0.4, -0.2) is 24.6 Å². The highest BCUT2D eigenvalue weighted by Crippen LogP contribution is 2.40. The van der Waals surface area contributed by atoms with Gasteiger partial charge in [-0.25, -0.2) is 0 Å². The van der Waals surface area contributed by atoms with Gasteiger partial charge in [0.1, 0.15) is 28.9 Å². The van der Waals surface area contributed by atoms with Crippen LogP contribution in [0.2, 0.25) is 5.02 Å². The molecule has 7 nitrogen and oxygen atoms in total. The molecule has 0 unspecified atom stereocenters. The molecule has 154 valence electrons. The second kappa shape index (κ2) is 8.89. The number of ether oxygens (including phenoxy) is 3. The van der Waals surface area contributed by atoms with Crippen LogP contribution in [0, 0.1) is 18.3 Å². The van der Waals surface area contributed by atoms with Crippen molar-refractivity contribution in [3.05, 3.63) is 46.6 Å². The number of carbonyl (C=O) groups excluding carboxylic acids is 1. The number of hydrogen-bond acceptors (Lipinski definition) is 6. The highest BCUT2D eigenvalue weighted by atomic mass is 35.5. The van der Waals surface area contributed by atoms with Gasteiger partial charge in [-0.15, -0.1) is 0 Å². The van der Waals surface area contributed by atoms with Crippen molar-refractivity contribution in [1.29, 1.82) is 5.26 Å². The van der Waals surface area contributed by atoms with Crippen molar-refractivity contribution in [2.24, 2.45) is 0 Å². The highest BCUT2D eigenvalue weighted by Gasteiger charge is 2.19. The lowest BCUT2D eigenvalue weighted by molar-refractivity contribution is -0.114. The number of methoxy groups -OCH3 is 1. The lowest BCUT2D eigenvalue weighted by atomic mass is 10.1. The van der Waals surface area contributed by atoms with Crippen LogP contribution in [0.1, 0.15) is 25.1 Å². The number of nitrogens with zero attached hydrogens (tertiary/aromatic N) is 2. The first-order chi connectivity index (χ1) is 14.4. The number of amides is 1. The van der Waals surface area contributed by atoms with Crippen molar-refractivity contribution in [2.75, 3.05) is 19.0 Å². The Morgan fingerprint density at radius 3 is 2.63 bits per heavy atom. The number of anilines is 1. The van der Waals surface area contributed by atoms with Crippen molar-refractivity contribution in [2.45, 2.75) is 20.8 Å². The Labute approximate surface area is 179 Å². The van der Waals surface area contributed by atoms with Gasteiger partial charge < -0.3 is 19.5 Å². The van der Waals surface area contributed by atoms with Gasteiger partial charge in [0, 0.05) is 24.4 Å². The fourth-order valence-corrected chi connectivity index (χ4v) is 3.26. The largest absolute Gasteiger partial charge is 0.495 e. The molecule has 2 aromatic carbocycles. The zero-order valence-electron chi connectivity index (χ0n) is 17.0. The zero-order valence-corrected chi connectivity index (χ0v) is 17.8. The number of hydrogen-bond donors (Lipinski definition) is 1. The summed E-state index contributed by atoms with van der Waals surface area (Å²) in [5.41, 5.74) is 1.82. The lowest BCUT2D eigenvalue weighted by Crippen LogP contribution is -2.08. The predicted molar refractivity (Wildman–Crippen MR) is 115 cm³/mol. The fraction of sp³-hybridized carbons (Fsp3) is 0.227. The number of fused-ring (bicyclic) bond motifs is 1. The van der Waals surface area contributed by atoms with Gasteiger partial charge in [-0.2, -0.15) is 5.26 Å². The normalized spacial score (nSPS) is 10.4. The molecular formula is C22H20ClN3O4. The molecule has 0 atom stereocenters. The van der Waals surface area contributed by atoms with E-state index in [2.05, 4.69) is 16.4 Å². The van der Waals surface area contributed by atoms with Crippen molar-refractivity contribution in [3.8, 4) is 29.1 Å². The molecule has 0 radical (unpaired) electrons. The van der Waals surface area contributed by atoms with Crippen LogP contribution in [0.5, 0.6) is 23.0 Å². The molecule has 3 rings (SSSR count). The SMILES string of the molecule is CCOc1cc2nc(C)c(C#N)c(Oc3ccc(OC)c(Cl)c3)c2cc1NC(C)=O. The van der Waals surface area contributed by atoms with E-state index in [1.54, 1.807) is 37.3 Å². The Balaban J connectivity index is 2.23. The molecule has 1 N–H and O–H groups in total. The molecule has 8 heteroatoms. The Morgan fingerprint density at radius 2 is 2.03 bits per heavy atom. The van der Waals surface area contributed by atoms with E-state index >= 15 is 0 Å². The maximum absolute atomic E-state index is 11.7. The van der Waals surface area contributed by atoms with Gasteiger partial charge in [-0.1, -0.05) is 11.6 Å². The Bertz CT molecular complexity index is 1170. The molecule has 1 amide bonds. The Morgan fingerprint density at radius 1 is 1.27 bits per heavy atom. The topological polar surface area (TPSA) is 93.5 Å². The molecule has 0 aliphatic carbocycles. The molecule has 0 aliphatic heterocycles. The second-order valence-corrected chi connectivity index (χ2v) is 6.80. The van der Waals surface area contributed by atoms with Gasteiger partial charge in [-0.3, -0.25) is 9.78 Å². The summed E-state index contributed by atoms with van der Waals surface area (Å²) in [5, 5.41) is 13.4. The summed E-state index contributed by atoms with van der Waals surface area (Å²) in [6, 6.07) is 10.5. The number of halogens is 1. The second-order valence-electron chi connectivity index (χ2n) is 6.39. The van der Waals surface area contributed by atoms with Gasteiger partial charge >= 0.3 is 0 Å². The third-order valence-electron chi connectivity index (χ3n) is 4.29. The van der Waals surface area contributed by atoms with E-state index in [1.807, 2.05) is 6.92 Å². The summed E-state index contributed by atoms with van der Waals surface area (Å²) >= 11 is 6.21. The van der Waals surface area contributed by atoms with E-state index in [0.29, 0.717) is 56.9 Å². The highest BCUT2D eigenvalue weighted by molar-refractivity contribution is 6.32. The molecular weight excluding hydrogens is 406 g/mol. The molecule has 1 aromatic heterocycles. The number of benzene rings is 2. The van der Waals surface area contributed by atoms with E-state index in [1.165, 1.54) is 14.0 Å². The molecule has 0 saturated carbocycles. The maximum atomic E-state index is 11.7.